The van der Waals surface area contributed by atoms with E-state index in [0.29, 0.717) is 17.9 Å². The molecule has 1 N–H and O–H groups in total. The second-order valence-corrected chi connectivity index (χ2v) is 7.12. The summed E-state index contributed by atoms with van der Waals surface area (Å²) in [4.78, 5) is 12.3. The highest BCUT2D eigenvalue weighted by atomic mass is 16.5. The highest BCUT2D eigenvalue weighted by molar-refractivity contribution is 5.80. The van der Waals surface area contributed by atoms with Gasteiger partial charge in [-0.3, -0.25) is 4.79 Å². The van der Waals surface area contributed by atoms with Crippen LogP contribution >= 0.6 is 0 Å². The van der Waals surface area contributed by atoms with E-state index in [9.17, 15) is 4.79 Å². The molecule has 2 aromatic rings. The highest BCUT2D eigenvalue weighted by Crippen LogP contribution is 2.23. The summed E-state index contributed by atoms with van der Waals surface area (Å²) >= 11 is 0. The highest BCUT2D eigenvalue weighted by Gasteiger charge is 2.14. The Labute approximate surface area is 166 Å². The molecule has 0 spiro atoms. The van der Waals surface area contributed by atoms with Crippen LogP contribution in [-0.2, 0) is 4.79 Å². The van der Waals surface area contributed by atoms with Gasteiger partial charge in [-0.1, -0.05) is 35.9 Å². The SMILES string of the molecule is C[C@H](Oc1ccc(-c2ccc(C#N)cc2)cc1)C(=O)NCCC1=CCCCC1. The van der Waals surface area contributed by atoms with Crippen LogP contribution in [0.3, 0.4) is 0 Å². The molecule has 1 amide bonds. The minimum atomic E-state index is -0.541. The van der Waals surface area contributed by atoms with Crippen LogP contribution in [0, 0.1) is 11.3 Å². The molecule has 0 aromatic heterocycles. The molecule has 0 saturated heterocycles. The summed E-state index contributed by atoms with van der Waals surface area (Å²) in [5.74, 6) is 0.572. The first kappa shape index (κ1) is 19.7. The number of rotatable bonds is 7. The molecule has 1 atom stereocenters. The number of hydrogen-bond acceptors (Lipinski definition) is 3. The van der Waals surface area contributed by atoms with Crippen LogP contribution in [0.5, 0.6) is 5.75 Å². The molecule has 144 valence electrons. The lowest BCUT2D eigenvalue weighted by Crippen LogP contribution is -2.36. The Morgan fingerprint density at radius 3 is 2.39 bits per heavy atom. The average Bonchev–Trinajstić information content (AvgIpc) is 2.75. The van der Waals surface area contributed by atoms with E-state index in [0.717, 1.165) is 24.0 Å². The van der Waals surface area contributed by atoms with E-state index in [1.54, 1.807) is 19.1 Å². The van der Waals surface area contributed by atoms with Crippen molar-refractivity contribution in [2.24, 2.45) is 0 Å². The van der Waals surface area contributed by atoms with Crippen molar-refractivity contribution in [2.45, 2.75) is 45.1 Å². The summed E-state index contributed by atoms with van der Waals surface area (Å²) in [7, 11) is 0. The van der Waals surface area contributed by atoms with Gasteiger partial charge in [0, 0.05) is 6.54 Å². The minimum Gasteiger partial charge on any atom is -0.481 e. The Hall–Kier alpha value is -3.06. The summed E-state index contributed by atoms with van der Waals surface area (Å²) in [6.45, 7) is 2.43. The number of hydrogen-bond donors (Lipinski definition) is 1. The summed E-state index contributed by atoms with van der Waals surface area (Å²) in [5.41, 5.74) is 4.17. The zero-order chi connectivity index (χ0) is 19.8. The standard InChI is InChI=1S/C24H26N2O2/c1-18(24(27)26-16-15-19-5-3-2-4-6-19)28-23-13-11-22(12-14-23)21-9-7-20(17-25)8-10-21/h5,7-14,18H,2-4,6,15-16H2,1H3,(H,26,27)/t18-/m0/s1. The quantitative estimate of drug-likeness (QED) is 0.694. The number of carbonyl (C=O) groups is 1. The van der Waals surface area contributed by atoms with Crippen molar-refractivity contribution in [1.29, 1.82) is 5.26 Å². The number of nitrogens with zero attached hydrogens (tertiary/aromatic N) is 1. The molecule has 3 rings (SSSR count). The second kappa shape index (κ2) is 9.75. The van der Waals surface area contributed by atoms with Crippen LogP contribution in [0.1, 0.15) is 44.6 Å². The number of ether oxygens (including phenoxy) is 1. The van der Waals surface area contributed by atoms with Gasteiger partial charge in [0.2, 0.25) is 0 Å². The van der Waals surface area contributed by atoms with Gasteiger partial charge in [-0.25, -0.2) is 0 Å². The molecule has 4 heteroatoms. The van der Waals surface area contributed by atoms with Crippen LogP contribution in [0.4, 0.5) is 0 Å². The Bertz CT molecular complexity index is 861. The van der Waals surface area contributed by atoms with Gasteiger partial charge in [-0.15, -0.1) is 0 Å². The van der Waals surface area contributed by atoms with Crippen LogP contribution in [-0.4, -0.2) is 18.6 Å². The van der Waals surface area contributed by atoms with E-state index in [1.807, 2.05) is 36.4 Å². The third-order valence-electron chi connectivity index (χ3n) is 5.01. The van der Waals surface area contributed by atoms with E-state index in [2.05, 4.69) is 17.5 Å². The molecule has 1 aliphatic carbocycles. The maximum atomic E-state index is 12.3. The molecule has 0 heterocycles. The smallest absolute Gasteiger partial charge is 0.260 e. The molecule has 2 aromatic carbocycles. The molecule has 0 bridgehead atoms. The van der Waals surface area contributed by atoms with Crippen molar-refractivity contribution >= 4 is 5.91 Å². The molecule has 0 fully saturated rings. The van der Waals surface area contributed by atoms with E-state index >= 15 is 0 Å². The van der Waals surface area contributed by atoms with E-state index in [-0.39, 0.29) is 5.91 Å². The topological polar surface area (TPSA) is 62.1 Å². The van der Waals surface area contributed by atoms with Crippen molar-refractivity contribution in [1.82, 2.24) is 5.32 Å². The fourth-order valence-electron chi connectivity index (χ4n) is 3.34. The monoisotopic (exact) mass is 374 g/mol. The molecule has 0 saturated carbocycles. The van der Waals surface area contributed by atoms with Crippen molar-refractivity contribution < 1.29 is 9.53 Å². The van der Waals surface area contributed by atoms with Gasteiger partial charge in [-0.05, 0) is 74.4 Å². The van der Waals surface area contributed by atoms with Gasteiger partial charge in [0.1, 0.15) is 5.75 Å². The van der Waals surface area contributed by atoms with Crippen molar-refractivity contribution in [3.8, 4) is 22.9 Å². The van der Waals surface area contributed by atoms with Gasteiger partial charge in [0.25, 0.3) is 5.91 Å². The first-order chi connectivity index (χ1) is 13.7. The van der Waals surface area contributed by atoms with E-state index in [1.165, 1.54) is 24.8 Å². The maximum absolute atomic E-state index is 12.3. The number of nitrogens with one attached hydrogen (secondary N) is 1. The summed E-state index contributed by atoms with van der Waals surface area (Å²) < 4.78 is 5.78. The average molecular weight is 374 g/mol. The second-order valence-electron chi connectivity index (χ2n) is 7.12. The molecule has 0 radical (unpaired) electrons. The Kier molecular flexibility index (Phi) is 6.86. The van der Waals surface area contributed by atoms with Gasteiger partial charge in [0.15, 0.2) is 6.10 Å². The normalized spacial score (nSPS) is 14.5. The lowest BCUT2D eigenvalue weighted by molar-refractivity contribution is -0.127. The predicted octanol–water partition coefficient (Wildman–Crippen LogP) is 5.00. The molecule has 0 unspecified atom stereocenters. The Morgan fingerprint density at radius 1 is 1.11 bits per heavy atom. The van der Waals surface area contributed by atoms with Crippen LogP contribution in [0.25, 0.3) is 11.1 Å². The number of carbonyl (C=O) groups excluding carboxylic acids is 1. The molecular formula is C24H26N2O2. The zero-order valence-corrected chi connectivity index (χ0v) is 16.3. The third kappa shape index (κ3) is 5.47. The molecule has 0 aliphatic heterocycles. The number of amides is 1. The first-order valence-corrected chi connectivity index (χ1v) is 9.88. The molecular weight excluding hydrogens is 348 g/mol. The van der Waals surface area contributed by atoms with Gasteiger partial charge in [0.05, 0.1) is 11.6 Å². The molecule has 28 heavy (non-hydrogen) atoms. The predicted molar refractivity (Wildman–Crippen MR) is 111 cm³/mol. The third-order valence-corrected chi connectivity index (χ3v) is 5.01. The van der Waals surface area contributed by atoms with Crippen molar-refractivity contribution in [2.75, 3.05) is 6.54 Å². The maximum Gasteiger partial charge on any atom is 0.260 e. The van der Waals surface area contributed by atoms with Gasteiger partial charge >= 0.3 is 0 Å². The minimum absolute atomic E-state index is 0.0902. The van der Waals surface area contributed by atoms with Crippen molar-refractivity contribution in [3.63, 3.8) is 0 Å². The van der Waals surface area contributed by atoms with Crippen LogP contribution < -0.4 is 10.1 Å². The zero-order valence-electron chi connectivity index (χ0n) is 16.3. The van der Waals surface area contributed by atoms with Gasteiger partial charge < -0.3 is 10.1 Å². The Morgan fingerprint density at radius 2 is 1.79 bits per heavy atom. The largest absolute Gasteiger partial charge is 0.481 e. The van der Waals surface area contributed by atoms with Crippen LogP contribution in [0.15, 0.2) is 60.2 Å². The summed E-state index contributed by atoms with van der Waals surface area (Å²) in [6, 6.07) is 17.2. The molecule has 4 nitrogen and oxygen atoms in total. The number of benzene rings is 2. The lowest BCUT2D eigenvalue weighted by atomic mass is 9.97. The van der Waals surface area contributed by atoms with Crippen LogP contribution in [0.2, 0.25) is 0 Å². The fourth-order valence-corrected chi connectivity index (χ4v) is 3.34. The number of allylic oxidation sites excluding steroid dienone is 1. The lowest BCUT2D eigenvalue weighted by Gasteiger charge is -2.16. The first-order valence-electron chi connectivity index (χ1n) is 9.88. The Balaban J connectivity index is 1.49. The fraction of sp³-hybridized carbons (Fsp3) is 0.333. The number of nitriles is 1. The summed E-state index contributed by atoms with van der Waals surface area (Å²) in [6.07, 6.45) is 7.57. The van der Waals surface area contributed by atoms with Crippen molar-refractivity contribution in [3.05, 3.63) is 65.7 Å². The summed E-state index contributed by atoms with van der Waals surface area (Å²) in [5, 5.41) is 11.8. The molecule has 1 aliphatic rings. The van der Waals surface area contributed by atoms with E-state index in [4.69, 9.17) is 10.00 Å². The van der Waals surface area contributed by atoms with E-state index < -0.39 is 6.10 Å². The van der Waals surface area contributed by atoms with Gasteiger partial charge in [-0.2, -0.15) is 5.26 Å².